The van der Waals surface area contributed by atoms with Gasteiger partial charge in [0, 0.05) is 22.8 Å². The number of carbonyl (C=O) groups excluding carboxylic acids is 1. The second-order valence-electron chi connectivity index (χ2n) is 4.94. The van der Waals surface area contributed by atoms with Gasteiger partial charge in [0.05, 0.1) is 11.3 Å². The first-order chi connectivity index (χ1) is 10.0. The molecule has 1 heterocycles. The predicted molar refractivity (Wildman–Crippen MR) is 81.8 cm³/mol. The number of aromatic nitrogens is 1. The van der Waals surface area contributed by atoms with Gasteiger partial charge in [0.2, 0.25) is 0 Å². The Balaban J connectivity index is 1.97. The van der Waals surface area contributed by atoms with Crippen LogP contribution in [0.1, 0.15) is 15.9 Å². The van der Waals surface area contributed by atoms with E-state index < -0.39 is 5.82 Å². The van der Waals surface area contributed by atoms with Crippen LogP contribution in [-0.4, -0.2) is 10.9 Å². The van der Waals surface area contributed by atoms with Crippen molar-refractivity contribution >= 4 is 28.2 Å². The molecule has 0 bridgehead atoms. The summed E-state index contributed by atoms with van der Waals surface area (Å²) in [5.74, 6) is -0.843. The Hall–Kier alpha value is -2.82. The van der Waals surface area contributed by atoms with Crippen molar-refractivity contribution in [2.75, 3.05) is 11.1 Å². The van der Waals surface area contributed by atoms with Gasteiger partial charge >= 0.3 is 0 Å². The van der Waals surface area contributed by atoms with Crippen molar-refractivity contribution in [3.63, 3.8) is 0 Å². The zero-order valence-corrected chi connectivity index (χ0v) is 11.4. The van der Waals surface area contributed by atoms with Gasteiger partial charge in [-0.2, -0.15) is 0 Å². The molecule has 1 amide bonds. The zero-order valence-electron chi connectivity index (χ0n) is 11.4. The van der Waals surface area contributed by atoms with E-state index in [0.29, 0.717) is 16.6 Å². The highest BCUT2D eigenvalue weighted by atomic mass is 19.1. The van der Waals surface area contributed by atoms with Crippen LogP contribution in [-0.2, 0) is 0 Å². The molecule has 0 aliphatic rings. The fourth-order valence-corrected chi connectivity index (χ4v) is 2.25. The molecule has 3 rings (SSSR count). The van der Waals surface area contributed by atoms with Gasteiger partial charge in [-0.05, 0) is 42.8 Å². The smallest absolute Gasteiger partial charge is 0.257 e. The quantitative estimate of drug-likeness (QED) is 0.630. The number of amides is 1. The molecule has 106 valence electrons. The lowest BCUT2D eigenvalue weighted by atomic mass is 10.1. The van der Waals surface area contributed by atoms with E-state index in [2.05, 4.69) is 10.3 Å². The van der Waals surface area contributed by atoms with E-state index in [-0.39, 0.29) is 11.6 Å². The van der Waals surface area contributed by atoms with Crippen LogP contribution in [0.5, 0.6) is 0 Å². The molecule has 0 aliphatic carbocycles. The molecule has 0 saturated carbocycles. The monoisotopic (exact) mass is 283 g/mol. The number of nitrogens with one attached hydrogen (secondary N) is 2. The number of fused-ring (bicyclic) bond motifs is 1. The normalized spacial score (nSPS) is 10.8. The van der Waals surface area contributed by atoms with E-state index in [9.17, 15) is 9.18 Å². The second kappa shape index (κ2) is 4.94. The molecule has 0 fully saturated rings. The summed E-state index contributed by atoms with van der Waals surface area (Å²) in [6.07, 6.45) is 1.59. The van der Waals surface area contributed by atoms with Gasteiger partial charge in [-0.1, -0.05) is 6.07 Å². The third-order valence-corrected chi connectivity index (χ3v) is 3.32. The maximum Gasteiger partial charge on any atom is 0.257 e. The fraction of sp³-hybridized carbons (Fsp3) is 0.0625. The summed E-state index contributed by atoms with van der Waals surface area (Å²) in [6.45, 7) is 1.83. The third kappa shape index (κ3) is 2.45. The lowest BCUT2D eigenvalue weighted by Crippen LogP contribution is -2.12. The number of H-pyrrole nitrogens is 1. The van der Waals surface area contributed by atoms with E-state index in [4.69, 9.17) is 5.73 Å². The summed E-state index contributed by atoms with van der Waals surface area (Å²) in [7, 11) is 0. The van der Waals surface area contributed by atoms with Crippen LogP contribution in [0.25, 0.3) is 10.9 Å². The number of aromatic amines is 1. The summed E-state index contributed by atoms with van der Waals surface area (Å²) in [6, 6.07) is 9.84. The van der Waals surface area contributed by atoms with Crippen LogP contribution in [0.3, 0.4) is 0 Å². The summed E-state index contributed by atoms with van der Waals surface area (Å²) < 4.78 is 13.7. The molecule has 0 unspecified atom stereocenters. The van der Waals surface area contributed by atoms with Crippen molar-refractivity contribution in [1.82, 2.24) is 4.98 Å². The zero-order chi connectivity index (χ0) is 15.0. The van der Waals surface area contributed by atoms with Crippen molar-refractivity contribution in [2.24, 2.45) is 0 Å². The molecule has 4 nitrogen and oxygen atoms in total. The number of anilines is 2. The van der Waals surface area contributed by atoms with Crippen LogP contribution >= 0.6 is 0 Å². The SMILES string of the molecule is Cc1ccc(F)c(NC(=O)c2c[nH]c3ccc(N)cc23)c1. The van der Waals surface area contributed by atoms with Gasteiger partial charge in [-0.25, -0.2) is 4.39 Å². The molecule has 0 saturated heterocycles. The minimum Gasteiger partial charge on any atom is -0.399 e. The Morgan fingerprint density at radius 1 is 1.24 bits per heavy atom. The van der Waals surface area contributed by atoms with Crippen LogP contribution in [0.4, 0.5) is 15.8 Å². The topological polar surface area (TPSA) is 70.9 Å². The van der Waals surface area contributed by atoms with Crippen molar-refractivity contribution in [3.8, 4) is 0 Å². The van der Waals surface area contributed by atoms with E-state index in [0.717, 1.165) is 11.1 Å². The van der Waals surface area contributed by atoms with Crippen molar-refractivity contribution in [2.45, 2.75) is 6.92 Å². The third-order valence-electron chi connectivity index (χ3n) is 3.32. The van der Waals surface area contributed by atoms with Gasteiger partial charge in [-0.3, -0.25) is 4.79 Å². The molecule has 0 atom stereocenters. The highest BCUT2D eigenvalue weighted by molar-refractivity contribution is 6.13. The number of rotatable bonds is 2. The van der Waals surface area contributed by atoms with Crippen LogP contribution in [0.15, 0.2) is 42.6 Å². The summed E-state index contributed by atoms with van der Waals surface area (Å²) in [5.41, 5.74) is 8.58. The molecule has 4 N–H and O–H groups in total. The molecule has 2 aromatic carbocycles. The standard InChI is InChI=1S/C16H14FN3O/c1-9-2-4-13(17)15(6-9)20-16(21)12-8-19-14-5-3-10(18)7-11(12)14/h2-8,19H,18H2,1H3,(H,20,21). The van der Waals surface area contributed by atoms with E-state index in [1.807, 2.05) is 6.92 Å². The lowest BCUT2D eigenvalue weighted by molar-refractivity contribution is 0.102. The number of hydrogen-bond donors (Lipinski definition) is 3. The van der Waals surface area contributed by atoms with Gasteiger partial charge in [-0.15, -0.1) is 0 Å². The first-order valence-corrected chi connectivity index (χ1v) is 6.49. The first-order valence-electron chi connectivity index (χ1n) is 6.49. The molecular formula is C16H14FN3O. The summed E-state index contributed by atoms with van der Waals surface area (Å²) in [4.78, 5) is 15.3. The van der Waals surface area contributed by atoms with Crippen molar-refractivity contribution < 1.29 is 9.18 Å². The molecule has 3 aromatic rings. The number of aryl methyl sites for hydroxylation is 1. The number of nitrogens with two attached hydrogens (primary N) is 1. The number of carbonyl (C=O) groups is 1. The van der Waals surface area contributed by atoms with Gasteiger partial charge < -0.3 is 16.0 Å². The summed E-state index contributed by atoms with van der Waals surface area (Å²) in [5, 5.41) is 3.30. The van der Waals surface area contributed by atoms with Crippen LogP contribution in [0.2, 0.25) is 0 Å². The first kappa shape index (κ1) is 13.2. The Bertz CT molecular complexity index is 839. The molecular weight excluding hydrogens is 269 g/mol. The lowest BCUT2D eigenvalue weighted by Gasteiger charge is -2.07. The average Bonchev–Trinajstić information content (AvgIpc) is 2.85. The molecule has 0 spiro atoms. The Morgan fingerprint density at radius 2 is 2.05 bits per heavy atom. The largest absolute Gasteiger partial charge is 0.399 e. The minimum absolute atomic E-state index is 0.165. The van der Waals surface area contributed by atoms with Gasteiger partial charge in [0.25, 0.3) is 5.91 Å². The minimum atomic E-state index is -0.465. The van der Waals surface area contributed by atoms with E-state index in [1.54, 1.807) is 36.5 Å². The maximum absolute atomic E-state index is 13.7. The van der Waals surface area contributed by atoms with E-state index >= 15 is 0 Å². The molecule has 0 aliphatic heterocycles. The number of hydrogen-bond acceptors (Lipinski definition) is 2. The average molecular weight is 283 g/mol. The Morgan fingerprint density at radius 3 is 2.86 bits per heavy atom. The molecule has 0 radical (unpaired) electrons. The highest BCUT2D eigenvalue weighted by Crippen LogP contribution is 2.23. The van der Waals surface area contributed by atoms with Crippen LogP contribution < -0.4 is 11.1 Å². The van der Waals surface area contributed by atoms with Crippen molar-refractivity contribution in [1.29, 1.82) is 0 Å². The second-order valence-corrected chi connectivity index (χ2v) is 4.94. The maximum atomic E-state index is 13.7. The Kier molecular flexibility index (Phi) is 3.10. The molecule has 21 heavy (non-hydrogen) atoms. The molecule has 5 heteroatoms. The number of halogens is 1. The summed E-state index contributed by atoms with van der Waals surface area (Å²) >= 11 is 0. The van der Waals surface area contributed by atoms with Gasteiger partial charge in [0.1, 0.15) is 5.82 Å². The van der Waals surface area contributed by atoms with E-state index in [1.165, 1.54) is 6.07 Å². The highest BCUT2D eigenvalue weighted by Gasteiger charge is 2.14. The van der Waals surface area contributed by atoms with Crippen LogP contribution in [0, 0.1) is 12.7 Å². The van der Waals surface area contributed by atoms with Crippen molar-refractivity contribution in [3.05, 3.63) is 59.5 Å². The number of nitrogen functional groups attached to an aromatic ring is 1. The Labute approximate surface area is 120 Å². The predicted octanol–water partition coefficient (Wildman–Crippen LogP) is 3.45. The number of benzene rings is 2. The van der Waals surface area contributed by atoms with Gasteiger partial charge in [0.15, 0.2) is 0 Å². The molecule has 1 aromatic heterocycles. The fourth-order valence-electron chi connectivity index (χ4n) is 2.25.